The molecule has 0 aliphatic carbocycles. The Kier molecular flexibility index (Phi) is 6.17. The van der Waals surface area contributed by atoms with Gasteiger partial charge in [0.1, 0.15) is 0 Å². The minimum atomic E-state index is 0.0704. The van der Waals surface area contributed by atoms with Crippen LogP contribution in [-0.2, 0) is 4.79 Å². The Labute approximate surface area is 161 Å². The van der Waals surface area contributed by atoms with Gasteiger partial charge in [-0.15, -0.1) is 5.10 Å². The molecule has 1 amide bonds. The lowest BCUT2D eigenvalue weighted by atomic mass is 10.1. The molecule has 0 bridgehead atoms. The molecule has 1 aliphatic rings. The summed E-state index contributed by atoms with van der Waals surface area (Å²) in [4.78, 5) is 18.1. The molecule has 0 saturated heterocycles. The summed E-state index contributed by atoms with van der Waals surface area (Å²) in [5.41, 5.74) is 4.51. The van der Waals surface area contributed by atoms with Crippen LogP contribution in [0.1, 0.15) is 26.3 Å². The topological polar surface area (TPSA) is 105 Å². The fourth-order valence-electron chi connectivity index (χ4n) is 2.48. The van der Waals surface area contributed by atoms with Crippen LogP contribution in [0, 0.1) is 0 Å². The summed E-state index contributed by atoms with van der Waals surface area (Å²) in [5, 5.41) is 11.7. The Morgan fingerprint density at radius 1 is 1.33 bits per heavy atom. The minimum absolute atomic E-state index is 0.0704. The molecule has 2 N–H and O–H groups in total. The minimum Gasteiger partial charge on any atom is -0.454 e. The van der Waals surface area contributed by atoms with Crippen molar-refractivity contribution in [3.63, 3.8) is 0 Å². The van der Waals surface area contributed by atoms with Gasteiger partial charge in [-0.2, -0.15) is 10.1 Å². The Bertz CT molecular complexity index is 834. The van der Waals surface area contributed by atoms with Gasteiger partial charge >= 0.3 is 0 Å². The molecule has 3 rings (SSSR count). The lowest BCUT2D eigenvalue weighted by Crippen LogP contribution is -2.31. The number of nitrogens with one attached hydrogen (secondary N) is 2. The quantitative estimate of drug-likeness (QED) is 0.405. The Morgan fingerprint density at radius 3 is 2.89 bits per heavy atom. The summed E-state index contributed by atoms with van der Waals surface area (Å²) in [5.74, 6) is 2.22. The molecule has 1 aromatic heterocycles. The van der Waals surface area contributed by atoms with Crippen molar-refractivity contribution in [2.75, 3.05) is 31.1 Å². The maximum Gasteiger partial charge on any atom is 0.240 e. The van der Waals surface area contributed by atoms with E-state index in [2.05, 4.69) is 25.7 Å². The SMILES string of the molecule is CCN(CC)C(=O)CSc1n[nH]c(N/N=C(/C)c2ccc3c(c2)OCO3)n1. The number of H-pyrrole nitrogens is 1. The average Bonchev–Trinajstić information content (AvgIpc) is 3.33. The summed E-state index contributed by atoms with van der Waals surface area (Å²) in [7, 11) is 0. The standard InChI is InChI=1S/C17H22N6O3S/c1-4-23(5-2)15(24)9-27-17-18-16(21-22-17)20-19-11(3)12-6-7-13-14(8-12)26-10-25-13/h6-8H,4-5,9-10H2,1-3H3,(H2,18,20,21,22)/b19-11-. The van der Waals surface area contributed by atoms with Crippen molar-refractivity contribution in [3.05, 3.63) is 23.8 Å². The van der Waals surface area contributed by atoms with Gasteiger partial charge in [-0.25, -0.2) is 10.5 Å². The highest BCUT2D eigenvalue weighted by atomic mass is 32.2. The molecule has 144 valence electrons. The fraction of sp³-hybridized carbons (Fsp3) is 0.412. The third kappa shape index (κ3) is 4.70. The number of ether oxygens (including phenoxy) is 2. The summed E-state index contributed by atoms with van der Waals surface area (Å²) < 4.78 is 10.7. The molecule has 1 aromatic carbocycles. The fourth-order valence-corrected chi connectivity index (χ4v) is 3.18. The monoisotopic (exact) mass is 390 g/mol. The van der Waals surface area contributed by atoms with E-state index in [0.29, 0.717) is 35.7 Å². The second kappa shape index (κ2) is 8.76. The zero-order valence-electron chi connectivity index (χ0n) is 15.5. The molecule has 0 saturated carbocycles. The number of anilines is 1. The number of rotatable bonds is 8. The molecular formula is C17H22N6O3S. The molecule has 1 aliphatic heterocycles. The number of carbonyl (C=O) groups excluding carboxylic acids is 1. The zero-order chi connectivity index (χ0) is 19.2. The number of hydrazone groups is 1. The van der Waals surface area contributed by atoms with Crippen LogP contribution < -0.4 is 14.9 Å². The number of hydrogen-bond acceptors (Lipinski definition) is 8. The number of hydrogen-bond donors (Lipinski definition) is 2. The van der Waals surface area contributed by atoms with Gasteiger partial charge in [-0.05, 0) is 39.0 Å². The third-order valence-corrected chi connectivity index (χ3v) is 4.86. The highest BCUT2D eigenvalue weighted by Crippen LogP contribution is 2.32. The van der Waals surface area contributed by atoms with E-state index in [1.165, 1.54) is 11.8 Å². The first-order chi connectivity index (χ1) is 13.1. The molecule has 0 atom stereocenters. The van der Waals surface area contributed by atoms with Crippen molar-refractivity contribution >= 4 is 29.3 Å². The van der Waals surface area contributed by atoms with Crippen molar-refractivity contribution in [1.82, 2.24) is 20.1 Å². The molecule has 2 heterocycles. The van der Waals surface area contributed by atoms with Crippen LogP contribution in [-0.4, -0.2) is 57.3 Å². The number of carbonyl (C=O) groups is 1. The van der Waals surface area contributed by atoms with Crippen LogP contribution in [0.5, 0.6) is 11.5 Å². The van der Waals surface area contributed by atoms with E-state index in [9.17, 15) is 4.79 Å². The van der Waals surface area contributed by atoms with Crippen LogP contribution in [0.25, 0.3) is 0 Å². The van der Waals surface area contributed by atoms with Crippen molar-refractivity contribution in [1.29, 1.82) is 0 Å². The smallest absolute Gasteiger partial charge is 0.240 e. The molecule has 0 spiro atoms. The Morgan fingerprint density at radius 2 is 2.11 bits per heavy atom. The van der Waals surface area contributed by atoms with Gasteiger partial charge in [-0.3, -0.25) is 4.79 Å². The molecule has 0 radical (unpaired) electrons. The third-order valence-electron chi connectivity index (χ3n) is 4.03. The van der Waals surface area contributed by atoms with E-state index in [1.54, 1.807) is 4.90 Å². The van der Waals surface area contributed by atoms with Crippen molar-refractivity contribution < 1.29 is 14.3 Å². The van der Waals surface area contributed by atoms with Gasteiger partial charge in [-0.1, -0.05) is 11.8 Å². The zero-order valence-corrected chi connectivity index (χ0v) is 16.3. The van der Waals surface area contributed by atoms with E-state index in [4.69, 9.17) is 9.47 Å². The first-order valence-corrected chi connectivity index (χ1v) is 9.62. The molecule has 2 aromatic rings. The molecule has 0 fully saturated rings. The molecule has 0 unspecified atom stereocenters. The predicted molar refractivity (Wildman–Crippen MR) is 103 cm³/mol. The normalized spacial score (nSPS) is 12.9. The lowest BCUT2D eigenvalue weighted by Gasteiger charge is -2.17. The van der Waals surface area contributed by atoms with Crippen molar-refractivity contribution in [2.45, 2.75) is 25.9 Å². The van der Waals surface area contributed by atoms with E-state index in [-0.39, 0.29) is 12.7 Å². The van der Waals surface area contributed by atoms with Gasteiger partial charge in [0.05, 0.1) is 11.5 Å². The van der Waals surface area contributed by atoms with Gasteiger partial charge in [0.2, 0.25) is 23.8 Å². The number of benzene rings is 1. The van der Waals surface area contributed by atoms with Crippen LogP contribution in [0.3, 0.4) is 0 Å². The summed E-state index contributed by atoms with van der Waals surface area (Å²) in [6, 6.07) is 5.64. The Balaban J connectivity index is 1.56. The summed E-state index contributed by atoms with van der Waals surface area (Å²) in [6.45, 7) is 7.43. The molecule has 10 heteroatoms. The van der Waals surface area contributed by atoms with E-state index in [1.807, 2.05) is 39.0 Å². The van der Waals surface area contributed by atoms with Gasteiger partial charge in [0.25, 0.3) is 0 Å². The second-order valence-electron chi connectivity index (χ2n) is 5.70. The molecular weight excluding hydrogens is 368 g/mol. The average molecular weight is 390 g/mol. The predicted octanol–water partition coefficient (Wildman–Crippen LogP) is 2.33. The highest BCUT2D eigenvalue weighted by molar-refractivity contribution is 7.99. The molecule has 27 heavy (non-hydrogen) atoms. The summed E-state index contributed by atoms with van der Waals surface area (Å²) >= 11 is 1.29. The number of amides is 1. The van der Waals surface area contributed by atoms with Crippen molar-refractivity contribution in [3.8, 4) is 11.5 Å². The maximum absolute atomic E-state index is 12.0. The number of aromatic nitrogens is 3. The van der Waals surface area contributed by atoms with Crippen LogP contribution in [0.4, 0.5) is 5.95 Å². The van der Waals surface area contributed by atoms with Crippen LogP contribution in [0.2, 0.25) is 0 Å². The first kappa shape index (κ1) is 19.0. The van der Waals surface area contributed by atoms with Crippen LogP contribution >= 0.6 is 11.8 Å². The van der Waals surface area contributed by atoms with E-state index < -0.39 is 0 Å². The number of aromatic amines is 1. The Hall–Kier alpha value is -2.75. The van der Waals surface area contributed by atoms with Gasteiger partial charge in [0.15, 0.2) is 11.5 Å². The lowest BCUT2D eigenvalue weighted by molar-refractivity contribution is -0.127. The highest BCUT2D eigenvalue weighted by Gasteiger charge is 2.14. The van der Waals surface area contributed by atoms with Gasteiger partial charge < -0.3 is 14.4 Å². The van der Waals surface area contributed by atoms with Gasteiger partial charge in [0, 0.05) is 18.7 Å². The van der Waals surface area contributed by atoms with Crippen LogP contribution in [0.15, 0.2) is 28.5 Å². The number of fused-ring (bicyclic) bond motifs is 1. The number of thioether (sulfide) groups is 1. The second-order valence-corrected chi connectivity index (χ2v) is 6.64. The van der Waals surface area contributed by atoms with E-state index >= 15 is 0 Å². The maximum atomic E-state index is 12.0. The number of nitrogens with zero attached hydrogens (tertiary/aromatic N) is 4. The van der Waals surface area contributed by atoms with Crippen molar-refractivity contribution in [2.24, 2.45) is 5.10 Å². The molecule has 9 nitrogen and oxygen atoms in total. The first-order valence-electron chi connectivity index (χ1n) is 8.64. The summed E-state index contributed by atoms with van der Waals surface area (Å²) in [6.07, 6.45) is 0. The largest absolute Gasteiger partial charge is 0.454 e. The van der Waals surface area contributed by atoms with E-state index in [0.717, 1.165) is 17.0 Å².